The van der Waals surface area contributed by atoms with E-state index in [0.29, 0.717) is 5.41 Å². The Morgan fingerprint density at radius 3 is 2.63 bits per heavy atom. The monoisotopic (exact) mass is 287 g/mol. The normalized spacial score (nSPS) is 18.5. The van der Waals surface area contributed by atoms with Crippen molar-refractivity contribution < 1.29 is 4.74 Å². The van der Waals surface area contributed by atoms with E-state index < -0.39 is 0 Å². The number of nitrogens with zero attached hydrogens (tertiary/aromatic N) is 2. The summed E-state index contributed by atoms with van der Waals surface area (Å²) in [4.78, 5) is 6.98. The van der Waals surface area contributed by atoms with Crippen LogP contribution in [0.3, 0.4) is 0 Å². The van der Waals surface area contributed by atoms with Crippen molar-refractivity contribution in [3.63, 3.8) is 0 Å². The van der Waals surface area contributed by atoms with Crippen molar-refractivity contribution in [3.05, 3.63) is 0 Å². The summed E-state index contributed by atoms with van der Waals surface area (Å²) in [5, 5.41) is 4.57. The van der Waals surface area contributed by atoms with Crippen LogP contribution in [0, 0.1) is 5.41 Å². The Balaban J connectivity index is 2.23. The van der Waals surface area contributed by atoms with Gasteiger partial charge in [-0.3, -0.25) is 4.99 Å². The van der Waals surface area contributed by atoms with E-state index >= 15 is 0 Å². The molecule has 0 saturated carbocycles. The van der Waals surface area contributed by atoms with Gasteiger partial charge in [-0.15, -0.1) is 0 Å². The molecule has 0 saturated heterocycles. The van der Waals surface area contributed by atoms with E-state index in [-0.39, 0.29) is 0 Å². The Kier molecular flexibility index (Phi) is 7.80. The van der Waals surface area contributed by atoms with Gasteiger partial charge in [0.15, 0.2) is 5.17 Å². The highest BCUT2D eigenvalue weighted by molar-refractivity contribution is 8.13. The quantitative estimate of drug-likeness (QED) is 0.741. The summed E-state index contributed by atoms with van der Waals surface area (Å²) in [5.41, 5.74) is 0.436. The Bertz CT molecular complexity index is 280. The molecule has 19 heavy (non-hydrogen) atoms. The summed E-state index contributed by atoms with van der Waals surface area (Å²) in [6, 6.07) is 0. The van der Waals surface area contributed by atoms with E-state index in [0.717, 1.165) is 38.0 Å². The SMILES string of the molecule is CCC1(CC)CN=C(NCCN(C)CCOC)SC1. The summed E-state index contributed by atoms with van der Waals surface area (Å²) < 4.78 is 5.07. The predicted octanol–water partition coefficient (Wildman–Crippen LogP) is 2.06. The van der Waals surface area contributed by atoms with Gasteiger partial charge in [0, 0.05) is 39.0 Å². The first-order valence-electron chi connectivity index (χ1n) is 7.24. The fourth-order valence-corrected chi connectivity index (χ4v) is 3.35. The Morgan fingerprint density at radius 2 is 2.11 bits per heavy atom. The van der Waals surface area contributed by atoms with E-state index in [1.165, 1.54) is 18.6 Å². The summed E-state index contributed by atoms with van der Waals surface area (Å²) in [6.07, 6.45) is 2.46. The van der Waals surface area contributed by atoms with Gasteiger partial charge in [-0.1, -0.05) is 25.6 Å². The fourth-order valence-electron chi connectivity index (χ4n) is 2.05. The van der Waals surface area contributed by atoms with E-state index in [1.54, 1.807) is 7.11 Å². The van der Waals surface area contributed by atoms with Crippen molar-refractivity contribution in [1.29, 1.82) is 0 Å². The first-order chi connectivity index (χ1) is 9.15. The molecule has 5 heteroatoms. The lowest BCUT2D eigenvalue weighted by Crippen LogP contribution is -2.37. The standard InChI is InChI=1S/C14H29N3OS/c1-5-14(6-2)11-16-13(19-12-14)15-7-8-17(3)9-10-18-4/h5-12H2,1-4H3,(H,15,16). The van der Waals surface area contributed by atoms with E-state index in [9.17, 15) is 0 Å². The smallest absolute Gasteiger partial charge is 0.156 e. The maximum Gasteiger partial charge on any atom is 0.156 e. The molecule has 4 nitrogen and oxygen atoms in total. The molecule has 0 bridgehead atoms. The molecule has 0 radical (unpaired) electrons. The molecule has 1 N–H and O–H groups in total. The highest BCUT2D eigenvalue weighted by Crippen LogP contribution is 2.34. The molecule has 112 valence electrons. The minimum absolute atomic E-state index is 0.436. The van der Waals surface area contributed by atoms with Gasteiger partial charge in [0.1, 0.15) is 0 Å². The first kappa shape index (κ1) is 16.8. The lowest BCUT2D eigenvalue weighted by atomic mass is 9.84. The topological polar surface area (TPSA) is 36.9 Å². The average molecular weight is 287 g/mol. The second-order valence-corrected chi connectivity index (χ2v) is 6.30. The highest BCUT2D eigenvalue weighted by Gasteiger charge is 2.29. The first-order valence-corrected chi connectivity index (χ1v) is 8.23. The number of amidine groups is 1. The van der Waals surface area contributed by atoms with Crippen LogP contribution in [-0.2, 0) is 4.74 Å². The van der Waals surface area contributed by atoms with Crippen LogP contribution in [0.15, 0.2) is 4.99 Å². The van der Waals surface area contributed by atoms with Crippen molar-refractivity contribution in [2.45, 2.75) is 26.7 Å². The minimum atomic E-state index is 0.436. The van der Waals surface area contributed by atoms with Crippen LogP contribution >= 0.6 is 11.8 Å². The van der Waals surface area contributed by atoms with Crippen LogP contribution in [0.1, 0.15) is 26.7 Å². The molecule has 0 aromatic heterocycles. The Hall–Kier alpha value is -0.260. The Morgan fingerprint density at radius 1 is 1.37 bits per heavy atom. The molecular weight excluding hydrogens is 258 g/mol. The molecular formula is C14H29N3OS. The second kappa shape index (κ2) is 8.82. The molecule has 0 aliphatic carbocycles. The molecule has 0 unspecified atom stereocenters. The van der Waals surface area contributed by atoms with Crippen LogP contribution in [0.2, 0.25) is 0 Å². The number of thioether (sulfide) groups is 1. The minimum Gasteiger partial charge on any atom is -0.383 e. The van der Waals surface area contributed by atoms with E-state index in [2.05, 4.69) is 31.1 Å². The van der Waals surface area contributed by atoms with Crippen LogP contribution in [-0.4, -0.2) is 62.8 Å². The maximum absolute atomic E-state index is 5.07. The number of hydrogen-bond acceptors (Lipinski definition) is 5. The van der Waals surface area contributed by atoms with Crippen molar-refractivity contribution in [2.75, 3.05) is 52.7 Å². The van der Waals surface area contributed by atoms with Crippen LogP contribution in [0.5, 0.6) is 0 Å². The number of ether oxygens (including phenoxy) is 1. The van der Waals surface area contributed by atoms with Gasteiger partial charge in [-0.25, -0.2) is 0 Å². The average Bonchev–Trinajstić information content (AvgIpc) is 2.46. The van der Waals surface area contributed by atoms with Gasteiger partial charge in [-0.05, 0) is 25.3 Å². The molecule has 0 spiro atoms. The van der Waals surface area contributed by atoms with Gasteiger partial charge in [0.05, 0.1) is 6.61 Å². The zero-order valence-corrected chi connectivity index (χ0v) is 13.7. The van der Waals surface area contributed by atoms with Gasteiger partial charge in [-0.2, -0.15) is 0 Å². The third kappa shape index (κ3) is 5.71. The number of rotatable bonds is 8. The number of likely N-dealkylation sites (N-methyl/N-ethyl adjacent to an activating group) is 1. The third-order valence-corrected chi connectivity index (χ3v) is 5.32. The predicted molar refractivity (Wildman–Crippen MR) is 85.2 cm³/mol. The summed E-state index contributed by atoms with van der Waals surface area (Å²) in [7, 11) is 3.86. The summed E-state index contributed by atoms with van der Waals surface area (Å²) >= 11 is 1.88. The van der Waals surface area contributed by atoms with Gasteiger partial charge >= 0.3 is 0 Å². The molecule has 1 aliphatic rings. The highest BCUT2D eigenvalue weighted by atomic mass is 32.2. The molecule has 1 aliphatic heterocycles. The number of nitrogens with one attached hydrogen (secondary N) is 1. The fraction of sp³-hybridized carbons (Fsp3) is 0.929. The van der Waals surface area contributed by atoms with Crippen LogP contribution in [0.4, 0.5) is 0 Å². The molecule has 1 rings (SSSR count). The lowest BCUT2D eigenvalue weighted by Gasteiger charge is -2.33. The maximum atomic E-state index is 5.07. The molecule has 0 atom stereocenters. The molecule has 0 amide bonds. The van der Waals surface area contributed by atoms with Crippen molar-refractivity contribution >= 4 is 16.9 Å². The number of methoxy groups -OCH3 is 1. The number of aliphatic imine (C=N–C) groups is 1. The zero-order valence-electron chi connectivity index (χ0n) is 12.9. The lowest BCUT2D eigenvalue weighted by molar-refractivity contribution is 0.162. The van der Waals surface area contributed by atoms with Crippen LogP contribution < -0.4 is 5.32 Å². The molecule has 0 fully saturated rings. The Labute approximate surface area is 122 Å². The van der Waals surface area contributed by atoms with Gasteiger partial charge < -0.3 is 15.0 Å². The van der Waals surface area contributed by atoms with Gasteiger partial charge in [0.25, 0.3) is 0 Å². The largest absolute Gasteiger partial charge is 0.383 e. The third-order valence-electron chi connectivity index (χ3n) is 4.02. The molecule has 0 aromatic carbocycles. The molecule has 1 heterocycles. The van der Waals surface area contributed by atoms with Crippen molar-refractivity contribution in [3.8, 4) is 0 Å². The second-order valence-electron chi connectivity index (χ2n) is 5.34. The van der Waals surface area contributed by atoms with Crippen molar-refractivity contribution in [1.82, 2.24) is 10.2 Å². The van der Waals surface area contributed by atoms with Gasteiger partial charge in [0.2, 0.25) is 0 Å². The summed E-state index contributed by atoms with van der Waals surface area (Å²) in [5.74, 6) is 1.20. The van der Waals surface area contributed by atoms with Crippen LogP contribution in [0.25, 0.3) is 0 Å². The van der Waals surface area contributed by atoms with E-state index in [1.807, 2.05) is 11.8 Å². The number of hydrogen-bond donors (Lipinski definition) is 1. The zero-order chi connectivity index (χ0) is 14.1. The van der Waals surface area contributed by atoms with E-state index in [4.69, 9.17) is 9.73 Å². The summed E-state index contributed by atoms with van der Waals surface area (Å²) in [6.45, 7) is 9.29. The molecule has 0 aromatic rings. The van der Waals surface area contributed by atoms with Crippen molar-refractivity contribution in [2.24, 2.45) is 10.4 Å².